The number of phenolic OH excluding ortho intramolecular Hbond substituents is 1. The zero-order chi connectivity index (χ0) is 30.0. The SMILES string of the molecule is COc1cc([C@H]2C3=CC[C@@H]4C(=O)NC(=O)[C@@H]4[C@@H]3C[C@H]3C(=O)C(c4ccccc4)=CC(=O)[C@@]23c2ccccc2)cc(Cl)c1O. The Morgan fingerprint density at radius 1 is 0.930 bits per heavy atom. The molecule has 0 aromatic heterocycles. The number of fused-ring (bicyclic) bond motifs is 4. The number of methoxy groups -OCH3 is 1. The summed E-state index contributed by atoms with van der Waals surface area (Å²) in [5, 5.41) is 13.2. The van der Waals surface area contributed by atoms with Crippen LogP contribution in [0, 0.1) is 23.7 Å². The number of Topliss-reactive ketones (excluding diaryl/α,β-unsaturated/α-hetero) is 1. The van der Waals surface area contributed by atoms with E-state index < -0.39 is 35.0 Å². The van der Waals surface area contributed by atoms with Gasteiger partial charge in [-0.25, -0.2) is 0 Å². The van der Waals surface area contributed by atoms with Gasteiger partial charge in [-0.1, -0.05) is 83.9 Å². The van der Waals surface area contributed by atoms with Gasteiger partial charge in [0.1, 0.15) is 0 Å². The maximum atomic E-state index is 14.9. The summed E-state index contributed by atoms with van der Waals surface area (Å²) < 4.78 is 5.46. The predicted octanol–water partition coefficient (Wildman–Crippen LogP) is 5.17. The molecule has 1 saturated heterocycles. The first-order valence-corrected chi connectivity index (χ1v) is 14.7. The summed E-state index contributed by atoms with van der Waals surface area (Å²) in [5.74, 6) is -4.46. The van der Waals surface area contributed by atoms with Crippen molar-refractivity contribution in [1.82, 2.24) is 5.32 Å². The Labute approximate surface area is 253 Å². The number of allylic oxidation sites excluding steroid dienone is 4. The number of carbonyl (C=O) groups excluding carboxylic acids is 4. The van der Waals surface area contributed by atoms with Gasteiger partial charge >= 0.3 is 0 Å². The molecule has 3 aromatic carbocycles. The normalized spacial score (nSPS) is 29.6. The van der Waals surface area contributed by atoms with E-state index in [1.54, 1.807) is 12.1 Å². The summed E-state index contributed by atoms with van der Waals surface area (Å²) in [4.78, 5) is 55.6. The van der Waals surface area contributed by atoms with Crippen LogP contribution in [-0.2, 0) is 24.6 Å². The number of hydrogen-bond donors (Lipinski definition) is 2. The summed E-state index contributed by atoms with van der Waals surface area (Å²) >= 11 is 6.54. The Kier molecular flexibility index (Phi) is 6.40. The van der Waals surface area contributed by atoms with Crippen molar-refractivity contribution in [2.75, 3.05) is 7.11 Å². The number of ketones is 2. The molecule has 216 valence electrons. The Morgan fingerprint density at radius 3 is 2.33 bits per heavy atom. The lowest BCUT2D eigenvalue weighted by atomic mass is 9.44. The fraction of sp³-hybridized carbons (Fsp3) is 0.257. The molecule has 0 spiro atoms. The van der Waals surface area contributed by atoms with Crippen LogP contribution in [0.25, 0.3) is 5.57 Å². The van der Waals surface area contributed by atoms with Crippen molar-refractivity contribution >= 4 is 40.6 Å². The largest absolute Gasteiger partial charge is 0.503 e. The summed E-state index contributed by atoms with van der Waals surface area (Å²) in [6, 6.07) is 21.6. The van der Waals surface area contributed by atoms with E-state index in [0.29, 0.717) is 28.7 Å². The molecule has 4 aliphatic rings. The van der Waals surface area contributed by atoms with Gasteiger partial charge in [0.05, 0.1) is 29.4 Å². The van der Waals surface area contributed by atoms with Crippen LogP contribution in [0.3, 0.4) is 0 Å². The standard InChI is InChI=1S/C35H28ClNO6/c1-43-27-15-19(14-26(36)32(27)40)30-21-12-13-22-29(34(42)37-33(22)41)24(21)16-25-31(39)23(18-8-4-2-5-9-18)17-28(38)35(25,30)20-10-6-3-7-11-20/h2-12,14-15,17,22,24-25,29-30,40H,13,16H2,1H3,(H,37,41,42)/t22-,24+,25-,29-,30-,35-/m0/s1. The number of phenols is 1. The fourth-order valence-corrected chi connectivity index (χ4v) is 8.30. The summed E-state index contributed by atoms with van der Waals surface area (Å²) in [6.45, 7) is 0. The van der Waals surface area contributed by atoms with Crippen molar-refractivity contribution in [3.8, 4) is 11.5 Å². The molecule has 7 nitrogen and oxygen atoms in total. The average Bonchev–Trinajstić information content (AvgIpc) is 3.32. The van der Waals surface area contributed by atoms with E-state index >= 15 is 0 Å². The Hall–Kier alpha value is -4.49. The molecule has 2 N–H and O–H groups in total. The second-order valence-electron chi connectivity index (χ2n) is 11.7. The average molecular weight is 594 g/mol. The van der Waals surface area contributed by atoms with Gasteiger partial charge in [0.2, 0.25) is 11.8 Å². The molecule has 0 radical (unpaired) electrons. The number of halogens is 1. The van der Waals surface area contributed by atoms with Crippen molar-refractivity contribution in [3.05, 3.63) is 112 Å². The highest BCUT2D eigenvalue weighted by Crippen LogP contribution is 2.63. The second kappa shape index (κ2) is 10.1. The first-order chi connectivity index (χ1) is 20.8. The quantitative estimate of drug-likeness (QED) is 0.319. The molecule has 0 unspecified atom stereocenters. The maximum Gasteiger partial charge on any atom is 0.231 e. The Morgan fingerprint density at radius 2 is 1.63 bits per heavy atom. The molecule has 43 heavy (non-hydrogen) atoms. The molecular formula is C35H28ClNO6. The number of ether oxygens (including phenoxy) is 1. The van der Waals surface area contributed by atoms with E-state index in [2.05, 4.69) is 5.32 Å². The minimum atomic E-state index is -1.38. The molecule has 6 atom stereocenters. The molecule has 7 rings (SSSR count). The van der Waals surface area contributed by atoms with Crippen LogP contribution in [-0.4, -0.2) is 35.6 Å². The van der Waals surface area contributed by atoms with Crippen LogP contribution in [0.1, 0.15) is 35.4 Å². The number of rotatable bonds is 4. The number of amides is 2. The number of nitrogens with one attached hydrogen (secondary N) is 1. The van der Waals surface area contributed by atoms with Crippen molar-refractivity contribution in [1.29, 1.82) is 0 Å². The minimum absolute atomic E-state index is 0.0365. The van der Waals surface area contributed by atoms with E-state index in [0.717, 1.165) is 5.57 Å². The van der Waals surface area contributed by atoms with Crippen LogP contribution in [0.15, 0.2) is 90.5 Å². The van der Waals surface area contributed by atoms with E-state index in [-0.39, 0.29) is 46.3 Å². The molecule has 3 aromatic rings. The smallest absolute Gasteiger partial charge is 0.231 e. The molecule has 2 fully saturated rings. The molecule has 0 bridgehead atoms. The molecule has 1 aliphatic heterocycles. The monoisotopic (exact) mass is 593 g/mol. The molecular weight excluding hydrogens is 566 g/mol. The highest BCUT2D eigenvalue weighted by atomic mass is 35.5. The van der Waals surface area contributed by atoms with Gasteiger partial charge in [0, 0.05) is 17.4 Å². The van der Waals surface area contributed by atoms with Gasteiger partial charge in [-0.2, -0.15) is 0 Å². The lowest BCUT2D eigenvalue weighted by Gasteiger charge is -2.55. The number of imide groups is 1. The molecule has 2 amide bonds. The lowest BCUT2D eigenvalue weighted by Crippen LogP contribution is -2.58. The molecule has 3 aliphatic carbocycles. The summed E-state index contributed by atoms with van der Waals surface area (Å²) in [6.07, 6.45) is 3.98. The first-order valence-electron chi connectivity index (χ1n) is 14.3. The summed E-state index contributed by atoms with van der Waals surface area (Å²) in [7, 11) is 1.41. The highest BCUT2D eigenvalue weighted by molar-refractivity contribution is 6.33. The van der Waals surface area contributed by atoms with Gasteiger partial charge in [-0.3, -0.25) is 24.5 Å². The van der Waals surface area contributed by atoms with Crippen molar-refractivity contribution < 1.29 is 29.0 Å². The van der Waals surface area contributed by atoms with E-state index in [9.17, 15) is 24.3 Å². The third-order valence-electron chi connectivity index (χ3n) is 9.82. The Balaban J connectivity index is 1.55. The summed E-state index contributed by atoms with van der Waals surface area (Å²) in [5.41, 5.74) is 1.65. The number of aromatic hydroxyl groups is 1. The topological polar surface area (TPSA) is 110 Å². The third-order valence-corrected chi connectivity index (χ3v) is 10.1. The van der Waals surface area contributed by atoms with E-state index in [1.165, 1.54) is 13.2 Å². The second-order valence-corrected chi connectivity index (χ2v) is 12.1. The van der Waals surface area contributed by atoms with E-state index in [1.807, 2.05) is 66.7 Å². The number of hydrogen-bond acceptors (Lipinski definition) is 6. The zero-order valence-electron chi connectivity index (χ0n) is 23.3. The Bertz CT molecular complexity index is 1760. The van der Waals surface area contributed by atoms with Crippen molar-refractivity contribution in [2.45, 2.75) is 24.2 Å². The van der Waals surface area contributed by atoms with Gasteiger partial charge in [0.15, 0.2) is 23.1 Å². The molecule has 1 heterocycles. The van der Waals surface area contributed by atoms with Gasteiger partial charge < -0.3 is 9.84 Å². The van der Waals surface area contributed by atoms with Crippen LogP contribution in [0.2, 0.25) is 5.02 Å². The minimum Gasteiger partial charge on any atom is -0.503 e. The predicted molar refractivity (Wildman–Crippen MR) is 159 cm³/mol. The zero-order valence-corrected chi connectivity index (χ0v) is 24.0. The van der Waals surface area contributed by atoms with Crippen molar-refractivity contribution in [2.24, 2.45) is 23.7 Å². The lowest BCUT2D eigenvalue weighted by molar-refractivity contribution is -0.135. The van der Waals surface area contributed by atoms with Crippen LogP contribution >= 0.6 is 11.6 Å². The van der Waals surface area contributed by atoms with E-state index in [4.69, 9.17) is 16.3 Å². The van der Waals surface area contributed by atoms with Crippen molar-refractivity contribution in [3.63, 3.8) is 0 Å². The molecule has 1 saturated carbocycles. The third kappa shape index (κ3) is 3.87. The number of benzene rings is 3. The van der Waals surface area contributed by atoms with Gasteiger partial charge in [-0.15, -0.1) is 0 Å². The molecule has 8 heteroatoms. The number of carbonyl (C=O) groups is 4. The van der Waals surface area contributed by atoms with Crippen LogP contribution < -0.4 is 10.1 Å². The van der Waals surface area contributed by atoms with Gasteiger partial charge in [0.25, 0.3) is 0 Å². The highest BCUT2D eigenvalue weighted by Gasteiger charge is 2.65. The van der Waals surface area contributed by atoms with Crippen LogP contribution in [0.4, 0.5) is 0 Å². The first kappa shape index (κ1) is 27.3. The fourth-order valence-electron chi connectivity index (χ4n) is 8.08. The maximum absolute atomic E-state index is 14.9. The van der Waals surface area contributed by atoms with Crippen LogP contribution in [0.5, 0.6) is 11.5 Å². The van der Waals surface area contributed by atoms with Gasteiger partial charge in [-0.05, 0) is 53.7 Å².